The molecule has 1 aliphatic heterocycles. The number of hydrogen-bond donors (Lipinski definition) is 2. The van der Waals surface area contributed by atoms with Gasteiger partial charge in [0.2, 0.25) is 0 Å². The van der Waals surface area contributed by atoms with Crippen molar-refractivity contribution in [3.05, 3.63) is 87.4 Å². The lowest BCUT2D eigenvalue weighted by atomic mass is 10.1. The van der Waals surface area contributed by atoms with E-state index >= 15 is 0 Å². The molecule has 4 rings (SSSR count). The maximum atomic E-state index is 13.3. The van der Waals surface area contributed by atoms with E-state index in [0.717, 1.165) is 10.5 Å². The van der Waals surface area contributed by atoms with Crippen molar-refractivity contribution in [3.63, 3.8) is 0 Å². The number of barbiturate groups is 1. The second-order valence-corrected chi connectivity index (χ2v) is 9.59. The van der Waals surface area contributed by atoms with Gasteiger partial charge in [0.05, 0.1) is 29.9 Å². The zero-order valence-electron chi connectivity index (χ0n) is 22.1. The predicted molar refractivity (Wildman–Crippen MR) is 153 cm³/mol. The lowest BCUT2D eigenvalue weighted by molar-refractivity contribution is -0.122. The first kappa shape index (κ1) is 29.0. The summed E-state index contributed by atoms with van der Waals surface area (Å²) in [5.41, 5.74) is 2.05. The summed E-state index contributed by atoms with van der Waals surface area (Å²) >= 11 is 3.39. The summed E-state index contributed by atoms with van der Waals surface area (Å²) in [7, 11) is 2.63. The summed E-state index contributed by atoms with van der Waals surface area (Å²) in [5.74, 6) is -2.26. The standard InChI is InChI=1S/C29H24BrN3O8/c1-16-5-4-6-19(11-16)31-24(34)15-41-25-22(30)13-17(14-23(25)39-2)12-21-26(35)32-29(38)33(27(21)36)20-9-7-18(8-10-20)28(37)40-3/h4-14H,15H2,1-3H3,(H,31,34)(H,32,35,38)/b21-12+. The Kier molecular flexibility index (Phi) is 8.83. The van der Waals surface area contributed by atoms with Crippen LogP contribution in [-0.2, 0) is 19.1 Å². The van der Waals surface area contributed by atoms with Crippen molar-refractivity contribution in [3.8, 4) is 11.5 Å². The van der Waals surface area contributed by atoms with Gasteiger partial charge in [0.1, 0.15) is 5.57 Å². The summed E-state index contributed by atoms with van der Waals surface area (Å²) in [6.07, 6.45) is 1.29. The number of urea groups is 1. The summed E-state index contributed by atoms with van der Waals surface area (Å²) in [5, 5.41) is 4.89. The zero-order chi connectivity index (χ0) is 29.7. The first-order valence-corrected chi connectivity index (χ1v) is 12.9. The number of carbonyl (C=O) groups excluding carboxylic acids is 5. The Balaban J connectivity index is 1.55. The Labute approximate surface area is 243 Å². The molecule has 0 bridgehead atoms. The SMILES string of the molecule is COC(=O)c1ccc(N2C(=O)NC(=O)/C(=C\c3cc(Br)c(OCC(=O)Nc4cccc(C)c4)c(OC)c3)C2=O)cc1. The van der Waals surface area contributed by atoms with Crippen LogP contribution in [0.15, 0.2) is 70.7 Å². The first-order valence-electron chi connectivity index (χ1n) is 12.1. The monoisotopic (exact) mass is 621 g/mol. The number of halogens is 1. The molecule has 0 spiro atoms. The first-order chi connectivity index (χ1) is 19.6. The van der Waals surface area contributed by atoms with Gasteiger partial charge in [-0.1, -0.05) is 12.1 Å². The molecule has 0 radical (unpaired) electrons. The summed E-state index contributed by atoms with van der Waals surface area (Å²) < 4.78 is 16.2. The van der Waals surface area contributed by atoms with Crippen molar-refractivity contribution in [2.45, 2.75) is 6.92 Å². The number of nitrogens with one attached hydrogen (secondary N) is 2. The van der Waals surface area contributed by atoms with Gasteiger partial charge in [0.15, 0.2) is 18.1 Å². The second-order valence-electron chi connectivity index (χ2n) is 8.74. The third-order valence-electron chi connectivity index (χ3n) is 5.86. The van der Waals surface area contributed by atoms with Gasteiger partial charge < -0.3 is 19.5 Å². The van der Waals surface area contributed by atoms with E-state index in [2.05, 4.69) is 31.3 Å². The highest BCUT2D eigenvalue weighted by Gasteiger charge is 2.37. The Morgan fingerprint density at radius 1 is 1.02 bits per heavy atom. The smallest absolute Gasteiger partial charge is 0.337 e. The molecule has 0 aromatic heterocycles. The van der Waals surface area contributed by atoms with E-state index in [1.807, 2.05) is 25.1 Å². The largest absolute Gasteiger partial charge is 0.493 e. The fraction of sp³-hybridized carbons (Fsp3) is 0.138. The van der Waals surface area contributed by atoms with Gasteiger partial charge in [0, 0.05) is 5.69 Å². The highest BCUT2D eigenvalue weighted by Crippen LogP contribution is 2.37. The van der Waals surface area contributed by atoms with Crippen LogP contribution >= 0.6 is 15.9 Å². The highest BCUT2D eigenvalue weighted by molar-refractivity contribution is 9.10. The molecule has 1 heterocycles. The molecule has 3 aromatic carbocycles. The molecule has 12 heteroatoms. The number of nitrogens with zero attached hydrogens (tertiary/aromatic N) is 1. The molecule has 0 saturated carbocycles. The molecule has 41 heavy (non-hydrogen) atoms. The third-order valence-corrected chi connectivity index (χ3v) is 6.45. The number of benzene rings is 3. The molecule has 0 unspecified atom stereocenters. The number of hydrogen-bond acceptors (Lipinski definition) is 8. The molecule has 210 valence electrons. The summed E-state index contributed by atoms with van der Waals surface area (Å²) in [4.78, 5) is 63.3. The van der Waals surface area contributed by atoms with Crippen molar-refractivity contribution in [2.24, 2.45) is 0 Å². The van der Waals surface area contributed by atoms with E-state index < -0.39 is 23.8 Å². The molecule has 5 amide bonds. The van der Waals surface area contributed by atoms with Crippen LogP contribution in [0.25, 0.3) is 6.08 Å². The average Bonchev–Trinajstić information content (AvgIpc) is 2.94. The van der Waals surface area contributed by atoms with Gasteiger partial charge in [-0.25, -0.2) is 14.5 Å². The topological polar surface area (TPSA) is 140 Å². The van der Waals surface area contributed by atoms with Crippen molar-refractivity contribution in [1.82, 2.24) is 5.32 Å². The highest BCUT2D eigenvalue weighted by atomic mass is 79.9. The number of imide groups is 2. The van der Waals surface area contributed by atoms with Gasteiger partial charge in [-0.15, -0.1) is 0 Å². The van der Waals surface area contributed by atoms with Crippen molar-refractivity contribution in [2.75, 3.05) is 31.0 Å². The van der Waals surface area contributed by atoms with Gasteiger partial charge >= 0.3 is 12.0 Å². The molecular formula is C29H24BrN3O8. The minimum atomic E-state index is -0.936. The molecule has 1 saturated heterocycles. The Morgan fingerprint density at radius 2 is 1.76 bits per heavy atom. The van der Waals surface area contributed by atoms with Crippen LogP contribution in [0.1, 0.15) is 21.5 Å². The molecule has 1 fully saturated rings. The van der Waals surface area contributed by atoms with Crippen molar-refractivity contribution >= 4 is 63.1 Å². The number of rotatable bonds is 8. The third kappa shape index (κ3) is 6.61. The van der Waals surface area contributed by atoms with Crippen LogP contribution in [0.5, 0.6) is 11.5 Å². The number of anilines is 2. The average molecular weight is 622 g/mol. The van der Waals surface area contributed by atoms with E-state index in [1.54, 1.807) is 12.1 Å². The van der Waals surface area contributed by atoms with Crippen LogP contribution in [0, 0.1) is 6.92 Å². The number of carbonyl (C=O) groups is 5. The minimum absolute atomic E-state index is 0.144. The van der Waals surface area contributed by atoms with Crippen LogP contribution in [-0.4, -0.2) is 50.5 Å². The molecule has 0 atom stereocenters. The number of amides is 5. The van der Waals surface area contributed by atoms with E-state index in [0.29, 0.717) is 15.7 Å². The van der Waals surface area contributed by atoms with Crippen LogP contribution < -0.4 is 25.0 Å². The minimum Gasteiger partial charge on any atom is -0.493 e. The Hall–Kier alpha value is -4.97. The fourth-order valence-electron chi connectivity index (χ4n) is 3.94. The molecule has 11 nitrogen and oxygen atoms in total. The summed E-state index contributed by atoms with van der Waals surface area (Å²) in [6, 6.07) is 15.0. The zero-order valence-corrected chi connectivity index (χ0v) is 23.7. The van der Waals surface area contributed by atoms with E-state index in [9.17, 15) is 24.0 Å². The predicted octanol–water partition coefficient (Wildman–Crippen LogP) is 4.24. The molecule has 3 aromatic rings. The number of ether oxygens (including phenoxy) is 3. The van der Waals surface area contributed by atoms with Crippen molar-refractivity contribution in [1.29, 1.82) is 0 Å². The number of aryl methyl sites for hydroxylation is 1. The Morgan fingerprint density at radius 3 is 2.41 bits per heavy atom. The van der Waals surface area contributed by atoms with Gasteiger partial charge in [0.25, 0.3) is 17.7 Å². The quantitative estimate of drug-likeness (QED) is 0.216. The van der Waals surface area contributed by atoms with Gasteiger partial charge in [-0.2, -0.15) is 0 Å². The second kappa shape index (κ2) is 12.5. The van der Waals surface area contributed by atoms with Crippen LogP contribution in [0.4, 0.5) is 16.2 Å². The van der Waals surface area contributed by atoms with E-state index in [1.165, 1.54) is 50.6 Å². The number of methoxy groups -OCH3 is 2. The fourth-order valence-corrected chi connectivity index (χ4v) is 4.52. The van der Waals surface area contributed by atoms with Gasteiger partial charge in [-0.05, 0) is 88.6 Å². The van der Waals surface area contributed by atoms with Gasteiger partial charge in [-0.3, -0.25) is 19.7 Å². The van der Waals surface area contributed by atoms with E-state index in [4.69, 9.17) is 9.47 Å². The maximum absolute atomic E-state index is 13.3. The van der Waals surface area contributed by atoms with Crippen molar-refractivity contribution < 1.29 is 38.2 Å². The molecular weight excluding hydrogens is 598 g/mol. The molecule has 1 aliphatic rings. The van der Waals surface area contributed by atoms with E-state index in [-0.39, 0.29) is 40.8 Å². The normalized spacial score (nSPS) is 14.0. The maximum Gasteiger partial charge on any atom is 0.337 e. The summed E-state index contributed by atoms with van der Waals surface area (Å²) in [6.45, 7) is 1.60. The molecule has 0 aliphatic carbocycles. The lowest BCUT2D eigenvalue weighted by Crippen LogP contribution is -2.54. The number of esters is 1. The lowest BCUT2D eigenvalue weighted by Gasteiger charge is -2.26. The van der Waals surface area contributed by atoms with Crippen LogP contribution in [0.3, 0.4) is 0 Å². The Bertz CT molecular complexity index is 1580. The van der Waals surface area contributed by atoms with Crippen LogP contribution in [0.2, 0.25) is 0 Å². The molecule has 2 N–H and O–H groups in total.